The molecule has 2 aromatic carbocycles. The zero-order valence-electron chi connectivity index (χ0n) is 15.7. The Bertz CT molecular complexity index is 1110. The van der Waals surface area contributed by atoms with Crippen molar-refractivity contribution >= 4 is 0 Å². The number of hydrogen-bond acceptors (Lipinski definition) is 5. The summed E-state index contributed by atoms with van der Waals surface area (Å²) < 4.78 is 11.5. The predicted octanol–water partition coefficient (Wildman–Crippen LogP) is 3.82. The molecule has 0 spiro atoms. The average Bonchev–Trinajstić information content (AvgIpc) is 3.06. The van der Waals surface area contributed by atoms with Crippen LogP contribution >= 0.6 is 0 Å². The highest BCUT2D eigenvalue weighted by atomic mass is 16.5. The van der Waals surface area contributed by atoms with E-state index in [-0.39, 0.29) is 11.8 Å². The van der Waals surface area contributed by atoms with Gasteiger partial charge in [-0.1, -0.05) is 42.0 Å². The van der Waals surface area contributed by atoms with Crippen LogP contribution in [0.3, 0.4) is 0 Å². The summed E-state index contributed by atoms with van der Waals surface area (Å²) in [7, 11) is 0. The number of aromatic amines is 1. The van der Waals surface area contributed by atoms with Crippen molar-refractivity contribution in [3.63, 3.8) is 0 Å². The number of ether oxygens (including phenoxy) is 2. The fraction of sp³-hybridized carbons (Fsp3) is 0.182. The van der Waals surface area contributed by atoms with E-state index in [0.29, 0.717) is 18.1 Å². The van der Waals surface area contributed by atoms with Crippen LogP contribution in [0.5, 0.6) is 11.6 Å². The Kier molecular flexibility index (Phi) is 4.50. The molecule has 3 N–H and O–H groups in total. The Morgan fingerprint density at radius 2 is 2.04 bits per heavy atom. The van der Waals surface area contributed by atoms with Crippen LogP contribution in [-0.4, -0.2) is 10.2 Å². The predicted molar refractivity (Wildman–Crippen MR) is 105 cm³/mol. The molecule has 1 aromatic heterocycles. The standard InChI is InChI=1S/C22H20N4O2/c1-13-5-3-6-15(9-13)12-27-17-8-4-7-16(10-17)20-18(11-23)21(24)28-22-19(20)14(2)25-26-22/h3-10,20H,12,24H2,1-2H3,(H,25,26)/t20-/m1/s1. The number of nitrogens with two attached hydrogens (primary N) is 1. The highest BCUT2D eigenvalue weighted by molar-refractivity contribution is 5.55. The minimum absolute atomic E-state index is 0.0811. The molecular weight excluding hydrogens is 352 g/mol. The van der Waals surface area contributed by atoms with Crippen molar-refractivity contribution in [2.45, 2.75) is 26.4 Å². The summed E-state index contributed by atoms with van der Waals surface area (Å²) in [5.41, 5.74) is 11.2. The second kappa shape index (κ2) is 7.12. The summed E-state index contributed by atoms with van der Waals surface area (Å²) in [6, 6.07) is 18.1. The first kappa shape index (κ1) is 17.7. The van der Waals surface area contributed by atoms with Crippen LogP contribution in [-0.2, 0) is 6.61 Å². The van der Waals surface area contributed by atoms with Crippen LogP contribution in [0, 0.1) is 25.2 Å². The molecule has 6 nitrogen and oxygen atoms in total. The average molecular weight is 372 g/mol. The second-order valence-corrected chi connectivity index (χ2v) is 6.84. The number of H-pyrrole nitrogens is 1. The molecule has 1 atom stereocenters. The van der Waals surface area contributed by atoms with Crippen molar-refractivity contribution in [2.24, 2.45) is 5.73 Å². The summed E-state index contributed by atoms with van der Waals surface area (Å²) in [5.74, 6) is 0.863. The van der Waals surface area contributed by atoms with Gasteiger partial charge in [0.15, 0.2) is 0 Å². The topological polar surface area (TPSA) is 96.9 Å². The largest absolute Gasteiger partial charge is 0.489 e. The Morgan fingerprint density at radius 3 is 2.82 bits per heavy atom. The van der Waals surface area contributed by atoms with E-state index in [9.17, 15) is 5.26 Å². The summed E-state index contributed by atoms with van der Waals surface area (Å²) in [6.45, 7) is 4.43. The molecule has 28 heavy (non-hydrogen) atoms. The molecule has 0 saturated heterocycles. The van der Waals surface area contributed by atoms with E-state index < -0.39 is 0 Å². The molecule has 4 rings (SSSR count). The molecule has 0 radical (unpaired) electrons. The van der Waals surface area contributed by atoms with Crippen molar-refractivity contribution in [3.8, 4) is 17.7 Å². The molecule has 1 aliphatic heterocycles. The van der Waals surface area contributed by atoms with Crippen LogP contribution in [0.15, 0.2) is 60.0 Å². The summed E-state index contributed by atoms with van der Waals surface area (Å²) >= 11 is 0. The van der Waals surface area contributed by atoms with Crippen molar-refractivity contribution < 1.29 is 9.47 Å². The van der Waals surface area contributed by atoms with Gasteiger partial charge in [0.05, 0.1) is 5.92 Å². The van der Waals surface area contributed by atoms with Gasteiger partial charge < -0.3 is 15.2 Å². The van der Waals surface area contributed by atoms with Crippen molar-refractivity contribution in [3.05, 3.63) is 87.9 Å². The molecule has 0 fully saturated rings. The number of aryl methyl sites for hydroxylation is 2. The first-order valence-electron chi connectivity index (χ1n) is 8.97. The van der Waals surface area contributed by atoms with E-state index in [2.05, 4.69) is 35.3 Å². The van der Waals surface area contributed by atoms with Crippen LogP contribution in [0.25, 0.3) is 0 Å². The summed E-state index contributed by atoms with van der Waals surface area (Å²) in [4.78, 5) is 0. The molecule has 0 amide bonds. The quantitative estimate of drug-likeness (QED) is 0.725. The van der Waals surface area contributed by atoms with E-state index in [1.807, 2.05) is 43.3 Å². The van der Waals surface area contributed by atoms with Gasteiger partial charge in [-0.3, -0.25) is 5.10 Å². The van der Waals surface area contributed by atoms with Crippen LogP contribution in [0.1, 0.15) is 33.9 Å². The maximum atomic E-state index is 9.66. The van der Waals surface area contributed by atoms with E-state index >= 15 is 0 Å². The van der Waals surface area contributed by atoms with Crippen molar-refractivity contribution in [1.82, 2.24) is 10.2 Å². The molecule has 2 heterocycles. The van der Waals surface area contributed by atoms with E-state index in [0.717, 1.165) is 28.1 Å². The van der Waals surface area contributed by atoms with Gasteiger partial charge in [-0.05, 0) is 37.1 Å². The van der Waals surface area contributed by atoms with Gasteiger partial charge in [-0.2, -0.15) is 5.26 Å². The molecular formula is C22H20N4O2. The molecule has 0 aliphatic carbocycles. The second-order valence-electron chi connectivity index (χ2n) is 6.84. The van der Waals surface area contributed by atoms with E-state index in [1.165, 1.54) is 5.56 Å². The number of nitriles is 1. The number of fused-ring (bicyclic) bond motifs is 1. The third-order valence-corrected chi connectivity index (χ3v) is 4.81. The minimum atomic E-state index is -0.352. The lowest BCUT2D eigenvalue weighted by atomic mass is 9.84. The van der Waals surface area contributed by atoms with Crippen LogP contribution in [0.4, 0.5) is 0 Å². The summed E-state index contributed by atoms with van der Waals surface area (Å²) in [5, 5.41) is 16.7. The number of nitrogens with one attached hydrogen (secondary N) is 1. The van der Waals surface area contributed by atoms with E-state index in [1.54, 1.807) is 0 Å². The molecule has 0 saturated carbocycles. The fourth-order valence-electron chi connectivity index (χ4n) is 3.48. The molecule has 3 aromatic rings. The number of benzene rings is 2. The van der Waals surface area contributed by atoms with E-state index in [4.69, 9.17) is 15.2 Å². The van der Waals surface area contributed by atoms with Gasteiger partial charge in [-0.15, -0.1) is 5.10 Å². The first-order chi connectivity index (χ1) is 13.6. The minimum Gasteiger partial charge on any atom is -0.489 e. The number of nitrogens with zero attached hydrogens (tertiary/aromatic N) is 2. The van der Waals surface area contributed by atoms with Crippen molar-refractivity contribution in [2.75, 3.05) is 0 Å². The molecule has 140 valence electrons. The van der Waals surface area contributed by atoms with Crippen LogP contribution in [0.2, 0.25) is 0 Å². The lowest BCUT2D eigenvalue weighted by Gasteiger charge is -2.24. The molecule has 1 aliphatic rings. The Morgan fingerprint density at radius 1 is 1.21 bits per heavy atom. The number of aromatic nitrogens is 2. The Balaban J connectivity index is 1.67. The lowest BCUT2D eigenvalue weighted by molar-refractivity contribution is 0.305. The Labute approximate surface area is 163 Å². The SMILES string of the molecule is Cc1cccc(COc2cccc([C@@H]3C(C#N)=C(N)Oc4n[nH]c(C)c43)c2)c1. The monoisotopic (exact) mass is 372 g/mol. The third-order valence-electron chi connectivity index (χ3n) is 4.81. The summed E-state index contributed by atoms with van der Waals surface area (Å²) in [6.07, 6.45) is 0. The van der Waals surface area contributed by atoms with Gasteiger partial charge in [-0.25, -0.2) is 0 Å². The smallest absolute Gasteiger partial charge is 0.244 e. The maximum Gasteiger partial charge on any atom is 0.244 e. The number of rotatable bonds is 4. The fourth-order valence-corrected chi connectivity index (χ4v) is 3.48. The zero-order chi connectivity index (χ0) is 19.7. The maximum absolute atomic E-state index is 9.66. The molecule has 0 unspecified atom stereocenters. The lowest BCUT2D eigenvalue weighted by Crippen LogP contribution is -2.21. The van der Waals surface area contributed by atoms with Gasteiger partial charge in [0.1, 0.15) is 24.0 Å². The van der Waals surface area contributed by atoms with Gasteiger partial charge >= 0.3 is 0 Å². The normalized spacial score (nSPS) is 15.5. The van der Waals surface area contributed by atoms with Crippen LogP contribution < -0.4 is 15.2 Å². The highest BCUT2D eigenvalue weighted by Crippen LogP contribution is 2.43. The van der Waals surface area contributed by atoms with Gasteiger partial charge in [0.25, 0.3) is 0 Å². The third kappa shape index (κ3) is 3.19. The number of allylic oxidation sites excluding steroid dienone is 1. The van der Waals surface area contributed by atoms with Gasteiger partial charge in [0, 0.05) is 11.3 Å². The van der Waals surface area contributed by atoms with Crippen molar-refractivity contribution in [1.29, 1.82) is 5.26 Å². The molecule has 6 heteroatoms. The Hall–Kier alpha value is -3.72. The first-order valence-corrected chi connectivity index (χ1v) is 8.97. The van der Waals surface area contributed by atoms with Gasteiger partial charge in [0.2, 0.25) is 11.8 Å². The number of hydrogen-bond donors (Lipinski definition) is 2. The highest BCUT2D eigenvalue weighted by Gasteiger charge is 2.34. The zero-order valence-corrected chi connectivity index (χ0v) is 15.7. The molecule has 0 bridgehead atoms.